The molecule has 1 atom stereocenters. The lowest BCUT2D eigenvalue weighted by Crippen LogP contribution is -2.30. The number of nitrogens with one attached hydrogen (secondary N) is 1. The number of benzene rings is 1. The van der Waals surface area contributed by atoms with E-state index in [-0.39, 0.29) is 0 Å². The number of imidazole rings is 1. The molecular weight excluding hydrogens is 230 g/mol. The first kappa shape index (κ1) is 12.4. The van der Waals surface area contributed by atoms with Crippen molar-refractivity contribution < 1.29 is 9.90 Å². The number of fused-ring (bicyclic) bond motifs is 1. The Hall–Kier alpha value is -2.04. The number of anilines is 1. The van der Waals surface area contributed by atoms with Gasteiger partial charge in [0.2, 0.25) is 5.95 Å². The van der Waals surface area contributed by atoms with Crippen LogP contribution in [-0.4, -0.2) is 26.7 Å². The first-order chi connectivity index (χ1) is 8.63. The highest BCUT2D eigenvalue weighted by Crippen LogP contribution is 2.18. The zero-order valence-electron chi connectivity index (χ0n) is 10.6. The second-order valence-electron chi connectivity index (χ2n) is 4.31. The maximum absolute atomic E-state index is 11.1. The smallest absolute Gasteiger partial charge is 0.326 e. The number of rotatable bonds is 5. The van der Waals surface area contributed by atoms with Crippen LogP contribution in [-0.2, 0) is 11.8 Å². The summed E-state index contributed by atoms with van der Waals surface area (Å²) in [6, 6.07) is 7.14. The van der Waals surface area contributed by atoms with E-state index in [9.17, 15) is 4.79 Å². The van der Waals surface area contributed by atoms with Crippen molar-refractivity contribution in [2.24, 2.45) is 7.05 Å². The Balaban J connectivity index is 2.30. The van der Waals surface area contributed by atoms with E-state index in [4.69, 9.17) is 5.11 Å². The van der Waals surface area contributed by atoms with Crippen molar-refractivity contribution in [3.8, 4) is 0 Å². The van der Waals surface area contributed by atoms with Crippen molar-refractivity contribution in [3.05, 3.63) is 24.3 Å². The lowest BCUT2D eigenvalue weighted by atomic mass is 10.2. The summed E-state index contributed by atoms with van der Waals surface area (Å²) < 4.78 is 1.88. The minimum atomic E-state index is -0.844. The minimum Gasteiger partial charge on any atom is -0.480 e. The standard InChI is InChI=1S/C13H17N3O2/c1-3-6-10(12(17)18)15-13-14-9-7-4-5-8-11(9)16(13)2/h4-5,7-8,10H,3,6H2,1-2H3,(H,14,15)(H,17,18). The van der Waals surface area contributed by atoms with E-state index >= 15 is 0 Å². The lowest BCUT2D eigenvalue weighted by Gasteiger charge is -2.14. The van der Waals surface area contributed by atoms with Crippen LogP contribution in [0.5, 0.6) is 0 Å². The molecule has 2 rings (SSSR count). The molecule has 1 aromatic heterocycles. The van der Waals surface area contributed by atoms with Crippen molar-refractivity contribution in [1.29, 1.82) is 0 Å². The second-order valence-corrected chi connectivity index (χ2v) is 4.31. The molecule has 1 unspecified atom stereocenters. The zero-order chi connectivity index (χ0) is 13.1. The van der Waals surface area contributed by atoms with Crippen LogP contribution < -0.4 is 5.32 Å². The highest BCUT2D eigenvalue weighted by atomic mass is 16.4. The third kappa shape index (κ3) is 2.30. The molecule has 2 N–H and O–H groups in total. The normalized spacial score (nSPS) is 12.6. The van der Waals surface area contributed by atoms with E-state index in [1.807, 2.05) is 42.8 Å². The van der Waals surface area contributed by atoms with Crippen molar-refractivity contribution in [2.75, 3.05) is 5.32 Å². The van der Waals surface area contributed by atoms with Gasteiger partial charge >= 0.3 is 5.97 Å². The topological polar surface area (TPSA) is 67.2 Å². The molecule has 18 heavy (non-hydrogen) atoms. The molecule has 5 heteroatoms. The van der Waals surface area contributed by atoms with Crippen LogP contribution in [0.25, 0.3) is 11.0 Å². The summed E-state index contributed by atoms with van der Waals surface area (Å²) in [5.41, 5.74) is 1.85. The van der Waals surface area contributed by atoms with Gasteiger partial charge in [-0.25, -0.2) is 9.78 Å². The van der Waals surface area contributed by atoms with Gasteiger partial charge in [0.25, 0.3) is 0 Å². The van der Waals surface area contributed by atoms with Gasteiger partial charge < -0.3 is 15.0 Å². The zero-order valence-corrected chi connectivity index (χ0v) is 10.6. The first-order valence-electron chi connectivity index (χ1n) is 6.04. The van der Waals surface area contributed by atoms with Gasteiger partial charge in [-0.3, -0.25) is 0 Å². The number of nitrogens with zero attached hydrogens (tertiary/aromatic N) is 2. The average molecular weight is 247 g/mol. The van der Waals surface area contributed by atoms with Gasteiger partial charge in [-0.2, -0.15) is 0 Å². The Labute approximate surface area is 105 Å². The summed E-state index contributed by atoms with van der Waals surface area (Å²) in [5.74, 6) is -0.249. The van der Waals surface area contributed by atoms with Crippen LogP contribution in [0.2, 0.25) is 0 Å². The van der Waals surface area contributed by atoms with Gasteiger partial charge in [-0.05, 0) is 18.6 Å². The number of aryl methyl sites for hydroxylation is 1. The summed E-state index contributed by atoms with van der Waals surface area (Å²) in [4.78, 5) is 15.5. The van der Waals surface area contributed by atoms with Gasteiger partial charge in [-0.15, -0.1) is 0 Å². The molecule has 5 nitrogen and oxygen atoms in total. The quantitative estimate of drug-likeness (QED) is 0.850. The molecule has 96 valence electrons. The highest BCUT2D eigenvalue weighted by molar-refractivity contribution is 5.81. The van der Waals surface area contributed by atoms with Gasteiger partial charge in [0, 0.05) is 7.05 Å². The van der Waals surface area contributed by atoms with Gasteiger partial charge in [0.1, 0.15) is 6.04 Å². The van der Waals surface area contributed by atoms with Crippen molar-refractivity contribution >= 4 is 23.0 Å². The monoisotopic (exact) mass is 247 g/mol. The van der Waals surface area contributed by atoms with E-state index in [2.05, 4.69) is 10.3 Å². The number of hydrogen-bond donors (Lipinski definition) is 2. The predicted molar refractivity (Wildman–Crippen MR) is 70.7 cm³/mol. The fourth-order valence-corrected chi connectivity index (χ4v) is 1.98. The van der Waals surface area contributed by atoms with Gasteiger partial charge in [0.15, 0.2) is 0 Å². The largest absolute Gasteiger partial charge is 0.480 e. The third-order valence-electron chi connectivity index (χ3n) is 2.97. The van der Waals surface area contributed by atoms with E-state index < -0.39 is 12.0 Å². The number of aliphatic carboxylic acids is 1. The molecule has 1 heterocycles. The van der Waals surface area contributed by atoms with Crippen LogP contribution in [0.15, 0.2) is 24.3 Å². The maximum Gasteiger partial charge on any atom is 0.326 e. The molecule has 0 aliphatic heterocycles. The third-order valence-corrected chi connectivity index (χ3v) is 2.97. The molecular formula is C13H17N3O2. The minimum absolute atomic E-state index is 0.582. The second kappa shape index (κ2) is 5.08. The molecule has 0 aliphatic rings. The Morgan fingerprint density at radius 1 is 1.50 bits per heavy atom. The van der Waals surface area contributed by atoms with Crippen molar-refractivity contribution in [1.82, 2.24) is 9.55 Å². The van der Waals surface area contributed by atoms with Crippen LogP contribution in [0.4, 0.5) is 5.95 Å². The number of carboxylic acid groups (broad SMARTS) is 1. The van der Waals surface area contributed by atoms with E-state index in [1.54, 1.807) is 0 Å². The number of carbonyl (C=O) groups is 1. The molecule has 1 aromatic carbocycles. The van der Waals surface area contributed by atoms with E-state index in [0.717, 1.165) is 17.5 Å². The maximum atomic E-state index is 11.1. The molecule has 0 amide bonds. The first-order valence-corrected chi connectivity index (χ1v) is 6.04. The molecule has 0 aliphatic carbocycles. The van der Waals surface area contributed by atoms with Crippen LogP contribution in [0, 0.1) is 0 Å². The Morgan fingerprint density at radius 2 is 2.22 bits per heavy atom. The van der Waals surface area contributed by atoms with Crippen LogP contribution >= 0.6 is 0 Å². The van der Waals surface area contributed by atoms with Crippen molar-refractivity contribution in [2.45, 2.75) is 25.8 Å². The average Bonchev–Trinajstić information content (AvgIpc) is 2.66. The SMILES string of the molecule is CCCC(Nc1nc2ccccc2n1C)C(=O)O. The number of para-hydroxylation sites is 2. The Kier molecular flexibility index (Phi) is 3.50. The summed E-state index contributed by atoms with van der Waals surface area (Å²) in [6.07, 6.45) is 1.40. The fourth-order valence-electron chi connectivity index (χ4n) is 1.98. The number of carboxylic acids is 1. The molecule has 0 saturated carbocycles. The van der Waals surface area contributed by atoms with Crippen LogP contribution in [0.1, 0.15) is 19.8 Å². The predicted octanol–water partition coefficient (Wildman–Crippen LogP) is 2.24. The number of hydrogen-bond acceptors (Lipinski definition) is 3. The molecule has 0 bridgehead atoms. The highest BCUT2D eigenvalue weighted by Gasteiger charge is 2.18. The van der Waals surface area contributed by atoms with E-state index in [0.29, 0.717) is 12.4 Å². The Bertz CT molecular complexity index is 562. The van der Waals surface area contributed by atoms with Gasteiger partial charge in [-0.1, -0.05) is 25.5 Å². The number of aromatic nitrogens is 2. The molecule has 0 saturated heterocycles. The molecule has 0 radical (unpaired) electrons. The Morgan fingerprint density at radius 3 is 2.83 bits per heavy atom. The summed E-state index contributed by atoms with van der Waals surface area (Å²) in [7, 11) is 1.88. The summed E-state index contributed by atoms with van der Waals surface area (Å²) in [6.45, 7) is 1.96. The lowest BCUT2D eigenvalue weighted by molar-refractivity contribution is -0.138. The van der Waals surface area contributed by atoms with Crippen LogP contribution in [0.3, 0.4) is 0 Å². The molecule has 0 fully saturated rings. The molecule has 0 spiro atoms. The van der Waals surface area contributed by atoms with Crippen molar-refractivity contribution in [3.63, 3.8) is 0 Å². The molecule has 2 aromatic rings. The van der Waals surface area contributed by atoms with E-state index in [1.165, 1.54) is 0 Å². The fraction of sp³-hybridized carbons (Fsp3) is 0.385. The summed E-state index contributed by atoms with van der Waals surface area (Å²) >= 11 is 0. The summed E-state index contributed by atoms with van der Waals surface area (Å²) in [5, 5.41) is 12.1. The van der Waals surface area contributed by atoms with Gasteiger partial charge in [0.05, 0.1) is 11.0 Å².